The number of carbonyl (C=O) groups is 2. The first-order valence-corrected chi connectivity index (χ1v) is 9.03. The highest BCUT2D eigenvalue weighted by Crippen LogP contribution is 2.37. The zero-order valence-electron chi connectivity index (χ0n) is 15.2. The molecule has 2 aliphatic rings. The summed E-state index contributed by atoms with van der Waals surface area (Å²) in [5.74, 6) is -1.71. The highest BCUT2D eigenvalue weighted by Gasteiger charge is 2.38. The zero-order chi connectivity index (χ0) is 20.5. The third kappa shape index (κ3) is 5.20. The molecule has 0 radical (unpaired) electrons. The molecule has 10 heteroatoms. The van der Waals surface area contributed by atoms with E-state index in [1.165, 1.54) is 6.92 Å². The molecule has 2 fully saturated rings. The lowest BCUT2D eigenvalue weighted by molar-refractivity contribution is -0.139. The molecule has 0 saturated heterocycles. The fourth-order valence-electron chi connectivity index (χ4n) is 2.71. The molecule has 1 unspecified atom stereocenters. The van der Waals surface area contributed by atoms with Crippen LogP contribution >= 0.6 is 0 Å². The lowest BCUT2D eigenvalue weighted by Crippen LogP contribution is -2.49. The van der Waals surface area contributed by atoms with E-state index in [9.17, 15) is 22.8 Å². The average Bonchev–Trinajstić information content (AvgIpc) is 3.50. The van der Waals surface area contributed by atoms with E-state index in [-0.39, 0.29) is 30.0 Å². The number of nitrogens with one attached hydrogen (secondary N) is 3. The minimum atomic E-state index is -4.65. The number of alkyl halides is 3. The van der Waals surface area contributed by atoms with Crippen molar-refractivity contribution in [1.29, 1.82) is 5.41 Å². The van der Waals surface area contributed by atoms with Crippen molar-refractivity contribution in [3.63, 3.8) is 0 Å². The van der Waals surface area contributed by atoms with Crippen molar-refractivity contribution in [2.75, 3.05) is 6.61 Å². The smallest absolute Gasteiger partial charge is 0.421 e. The highest BCUT2D eigenvalue weighted by atomic mass is 19.4. The molecule has 3 rings (SSSR count). The van der Waals surface area contributed by atoms with Gasteiger partial charge in [0.05, 0.1) is 12.6 Å². The normalized spacial score (nSPS) is 17.6. The number of amides is 2. The van der Waals surface area contributed by atoms with Gasteiger partial charge in [0, 0.05) is 6.92 Å². The van der Waals surface area contributed by atoms with Gasteiger partial charge in [0.25, 0.3) is 5.91 Å². The van der Waals surface area contributed by atoms with Crippen LogP contribution in [-0.4, -0.2) is 35.3 Å². The van der Waals surface area contributed by atoms with Crippen molar-refractivity contribution >= 4 is 17.6 Å². The second kappa shape index (κ2) is 7.76. The van der Waals surface area contributed by atoms with Gasteiger partial charge in [-0.15, -0.1) is 0 Å². The Bertz CT molecular complexity index is 789. The van der Waals surface area contributed by atoms with Gasteiger partial charge in [-0.05, 0) is 49.7 Å². The van der Waals surface area contributed by atoms with Gasteiger partial charge in [0.1, 0.15) is 17.1 Å². The Kier molecular flexibility index (Phi) is 5.57. The fourth-order valence-corrected chi connectivity index (χ4v) is 2.71. The molecule has 0 aliphatic heterocycles. The predicted octanol–water partition coefficient (Wildman–Crippen LogP) is 2.51. The third-order valence-corrected chi connectivity index (χ3v) is 4.55. The number of nitrogens with zero attached hydrogens (tertiary/aromatic N) is 1. The second-order valence-electron chi connectivity index (χ2n) is 7.18. The Hall–Kier alpha value is -2.65. The molecule has 0 spiro atoms. The van der Waals surface area contributed by atoms with Gasteiger partial charge >= 0.3 is 6.18 Å². The summed E-state index contributed by atoms with van der Waals surface area (Å²) in [6, 6.07) is 1.03. The van der Waals surface area contributed by atoms with E-state index in [4.69, 9.17) is 10.1 Å². The highest BCUT2D eigenvalue weighted by molar-refractivity contribution is 6.02. The number of rotatable bonds is 7. The van der Waals surface area contributed by atoms with Gasteiger partial charge in [0.15, 0.2) is 0 Å². The predicted molar refractivity (Wildman–Crippen MR) is 93.0 cm³/mol. The average molecular weight is 398 g/mol. The van der Waals surface area contributed by atoms with E-state index in [2.05, 4.69) is 15.6 Å². The molecule has 2 saturated carbocycles. The summed E-state index contributed by atoms with van der Waals surface area (Å²) in [5.41, 5.74) is -1.27. The number of hydrogen-bond acceptors (Lipinski definition) is 5. The van der Waals surface area contributed by atoms with Crippen LogP contribution in [0.4, 0.5) is 13.2 Å². The van der Waals surface area contributed by atoms with Gasteiger partial charge in [-0.1, -0.05) is 0 Å². The summed E-state index contributed by atoms with van der Waals surface area (Å²) in [4.78, 5) is 27.5. The molecule has 0 aromatic carbocycles. The Balaban J connectivity index is 1.76. The third-order valence-electron chi connectivity index (χ3n) is 4.55. The SMILES string of the molecule is CC(=O)NC(=N)C(NC(=O)c1ccc(C(F)(F)F)c(OCC2CC2)n1)C1CC1. The van der Waals surface area contributed by atoms with Crippen LogP contribution in [0, 0.1) is 17.2 Å². The van der Waals surface area contributed by atoms with Crippen LogP contribution in [0.5, 0.6) is 5.88 Å². The van der Waals surface area contributed by atoms with Crippen LogP contribution in [0.25, 0.3) is 0 Å². The number of halogens is 3. The van der Waals surface area contributed by atoms with Crippen LogP contribution in [0.15, 0.2) is 12.1 Å². The number of aromatic nitrogens is 1. The number of pyridine rings is 1. The van der Waals surface area contributed by atoms with Crippen molar-refractivity contribution in [3.05, 3.63) is 23.4 Å². The number of amidine groups is 1. The summed E-state index contributed by atoms with van der Waals surface area (Å²) in [6.45, 7) is 1.38. The molecule has 2 aliphatic carbocycles. The first-order valence-electron chi connectivity index (χ1n) is 9.03. The molecule has 1 atom stereocenters. The Labute approximate surface area is 159 Å². The molecule has 152 valence electrons. The first kappa shape index (κ1) is 20.1. The Morgan fingerprint density at radius 2 is 1.96 bits per heavy atom. The van der Waals surface area contributed by atoms with Crippen LogP contribution in [-0.2, 0) is 11.0 Å². The summed E-state index contributed by atoms with van der Waals surface area (Å²) in [7, 11) is 0. The number of carbonyl (C=O) groups excluding carboxylic acids is 2. The maximum atomic E-state index is 13.2. The maximum Gasteiger partial charge on any atom is 0.421 e. The summed E-state index contributed by atoms with van der Waals surface area (Å²) in [6.07, 6.45) is -1.29. The van der Waals surface area contributed by atoms with Crippen LogP contribution in [0.2, 0.25) is 0 Å². The van der Waals surface area contributed by atoms with E-state index in [0.717, 1.165) is 37.8 Å². The van der Waals surface area contributed by atoms with Gasteiger partial charge in [-0.25, -0.2) is 4.98 Å². The van der Waals surface area contributed by atoms with Crippen molar-refractivity contribution in [2.45, 2.75) is 44.8 Å². The topological polar surface area (TPSA) is 104 Å². The van der Waals surface area contributed by atoms with Crippen LogP contribution < -0.4 is 15.4 Å². The quantitative estimate of drug-likeness (QED) is 0.485. The lowest BCUT2D eigenvalue weighted by Gasteiger charge is -2.20. The molecular weight excluding hydrogens is 377 g/mol. The monoisotopic (exact) mass is 398 g/mol. The molecule has 3 N–H and O–H groups in total. The number of hydrogen-bond donors (Lipinski definition) is 3. The van der Waals surface area contributed by atoms with Crippen LogP contribution in [0.3, 0.4) is 0 Å². The Morgan fingerprint density at radius 1 is 1.29 bits per heavy atom. The second-order valence-corrected chi connectivity index (χ2v) is 7.18. The summed E-state index contributed by atoms with van der Waals surface area (Å²) in [5, 5.41) is 12.9. The summed E-state index contributed by atoms with van der Waals surface area (Å²) >= 11 is 0. The standard InChI is InChI=1S/C18H21F3N4O3/c1-9(26)23-15(22)14(11-4-5-11)25-16(27)13-7-6-12(18(19,20)21)17(24-13)28-8-10-2-3-10/h6-7,10-11,14H,2-5,8H2,1H3,(H,25,27)(H2,22,23,26). The van der Waals surface area contributed by atoms with E-state index >= 15 is 0 Å². The molecule has 1 aromatic rings. The molecule has 7 nitrogen and oxygen atoms in total. The van der Waals surface area contributed by atoms with Gasteiger partial charge in [-0.3, -0.25) is 15.0 Å². The number of ether oxygens (including phenoxy) is 1. The van der Waals surface area contributed by atoms with Gasteiger partial charge < -0.3 is 15.4 Å². The van der Waals surface area contributed by atoms with Gasteiger partial charge in [-0.2, -0.15) is 13.2 Å². The minimum absolute atomic E-state index is 0.00309. The van der Waals surface area contributed by atoms with E-state index in [1.807, 2.05) is 0 Å². The van der Waals surface area contributed by atoms with Crippen molar-refractivity contribution < 1.29 is 27.5 Å². The first-order chi connectivity index (χ1) is 13.1. The van der Waals surface area contributed by atoms with Crippen LogP contribution in [0.1, 0.15) is 48.7 Å². The Morgan fingerprint density at radius 3 is 2.50 bits per heavy atom. The maximum absolute atomic E-state index is 13.2. The molecular formula is C18H21F3N4O3. The van der Waals surface area contributed by atoms with E-state index in [1.54, 1.807) is 0 Å². The summed E-state index contributed by atoms with van der Waals surface area (Å²) < 4.78 is 44.8. The largest absolute Gasteiger partial charge is 0.477 e. The molecule has 1 heterocycles. The van der Waals surface area contributed by atoms with Crippen molar-refractivity contribution in [1.82, 2.24) is 15.6 Å². The molecule has 1 aromatic heterocycles. The van der Waals surface area contributed by atoms with Crippen molar-refractivity contribution in [3.8, 4) is 5.88 Å². The molecule has 2 amide bonds. The zero-order valence-corrected chi connectivity index (χ0v) is 15.2. The van der Waals surface area contributed by atoms with E-state index in [0.29, 0.717) is 0 Å². The molecule has 0 bridgehead atoms. The fraction of sp³-hybridized carbons (Fsp3) is 0.556. The van der Waals surface area contributed by atoms with Gasteiger partial charge in [0.2, 0.25) is 11.8 Å². The minimum Gasteiger partial charge on any atom is -0.477 e. The molecule has 28 heavy (non-hydrogen) atoms. The van der Waals surface area contributed by atoms with E-state index < -0.39 is 35.5 Å². The van der Waals surface area contributed by atoms with Crippen molar-refractivity contribution in [2.24, 2.45) is 11.8 Å². The lowest BCUT2D eigenvalue weighted by atomic mass is 10.1.